The van der Waals surface area contributed by atoms with Crippen LogP contribution in [0.4, 0.5) is 0 Å². The summed E-state index contributed by atoms with van der Waals surface area (Å²) in [5.41, 5.74) is 5.86. The molecule has 0 aliphatic heterocycles. The van der Waals surface area contributed by atoms with Gasteiger partial charge in [0, 0.05) is 17.5 Å². The molecule has 4 nitrogen and oxygen atoms in total. The van der Waals surface area contributed by atoms with Gasteiger partial charge >= 0.3 is 0 Å². The topological polar surface area (TPSA) is 75.3 Å². The summed E-state index contributed by atoms with van der Waals surface area (Å²) in [7, 11) is 0. The fraction of sp³-hybridized carbons (Fsp3) is 0.583. The number of aliphatic hydroxyl groups is 1. The molecule has 1 aromatic heterocycles. The van der Waals surface area contributed by atoms with Crippen LogP contribution in [0.2, 0.25) is 0 Å². The first-order valence-corrected chi connectivity index (χ1v) is 6.64. The fourth-order valence-corrected chi connectivity index (χ4v) is 2.31. The van der Waals surface area contributed by atoms with E-state index in [1.54, 1.807) is 0 Å². The maximum Gasteiger partial charge on any atom is 0.242 e. The average molecular weight is 256 g/mol. The summed E-state index contributed by atoms with van der Waals surface area (Å²) in [6.07, 6.45) is 0.556. The van der Waals surface area contributed by atoms with E-state index in [0.29, 0.717) is 6.42 Å². The summed E-state index contributed by atoms with van der Waals surface area (Å²) in [5, 5.41) is 13.7. The van der Waals surface area contributed by atoms with Crippen LogP contribution in [-0.4, -0.2) is 23.7 Å². The number of rotatable bonds is 6. The van der Waals surface area contributed by atoms with Crippen LogP contribution in [0.15, 0.2) is 17.5 Å². The molecule has 1 aromatic rings. The molecular weight excluding hydrogens is 236 g/mol. The minimum absolute atomic E-state index is 0.0292. The van der Waals surface area contributed by atoms with Gasteiger partial charge in [-0.3, -0.25) is 4.79 Å². The maximum absolute atomic E-state index is 11.9. The summed E-state index contributed by atoms with van der Waals surface area (Å²) in [6.45, 7) is 4.09. The molecule has 2 atom stereocenters. The van der Waals surface area contributed by atoms with Crippen molar-refractivity contribution >= 4 is 17.2 Å². The van der Waals surface area contributed by atoms with E-state index in [1.807, 2.05) is 31.4 Å². The molecule has 5 heteroatoms. The smallest absolute Gasteiger partial charge is 0.242 e. The molecule has 0 radical (unpaired) electrons. The highest BCUT2D eigenvalue weighted by Gasteiger charge is 2.21. The van der Waals surface area contributed by atoms with E-state index < -0.39 is 6.04 Å². The predicted molar refractivity (Wildman–Crippen MR) is 69.7 cm³/mol. The monoisotopic (exact) mass is 256 g/mol. The number of amides is 1. The zero-order chi connectivity index (χ0) is 12.8. The Morgan fingerprint density at radius 3 is 2.76 bits per heavy atom. The van der Waals surface area contributed by atoms with E-state index in [0.717, 1.165) is 4.88 Å². The van der Waals surface area contributed by atoms with Crippen LogP contribution in [0, 0.1) is 5.92 Å². The molecule has 17 heavy (non-hydrogen) atoms. The van der Waals surface area contributed by atoms with Crippen LogP contribution in [-0.2, 0) is 4.79 Å². The van der Waals surface area contributed by atoms with Gasteiger partial charge in [-0.15, -0.1) is 11.3 Å². The standard InChI is InChI=1S/C12H20N2O2S/c1-8(2)9(5-6-15)14-12(16)11(13)10-4-3-7-17-10/h3-4,7-9,11,15H,5-6,13H2,1-2H3,(H,14,16). The minimum atomic E-state index is -0.616. The van der Waals surface area contributed by atoms with Gasteiger partial charge in [-0.05, 0) is 23.8 Å². The van der Waals surface area contributed by atoms with Crippen molar-refractivity contribution in [3.8, 4) is 0 Å². The van der Waals surface area contributed by atoms with Crippen molar-refractivity contribution in [3.63, 3.8) is 0 Å². The molecule has 0 aliphatic carbocycles. The van der Waals surface area contributed by atoms with Crippen LogP contribution in [0.5, 0.6) is 0 Å². The largest absolute Gasteiger partial charge is 0.396 e. The summed E-state index contributed by atoms with van der Waals surface area (Å²) in [5.74, 6) is 0.0984. The Morgan fingerprint density at radius 1 is 1.59 bits per heavy atom. The molecule has 0 saturated heterocycles. The molecule has 96 valence electrons. The lowest BCUT2D eigenvalue weighted by atomic mass is 10.0. The van der Waals surface area contributed by atoms with Gasteiger partial charge in [-0.2, -0.15) is 0 Å². The minimum Gasteiger partial charge on any atom is -0.396 e. The van der Waals surface area contributed by atoms with Gasteiger partial charge in [0.05, 0.1) is 0 Å². The zero-order valence-corrected chi connectivity index (χ0v) is 11.0. The summed E-state index contributed by atoms with van der Waals surface area (Å²) in [6, 6.07) is 3.08. The Morgan fingerprint density at radius 2 is 2.29 bits per heavy atom. The Balaban J connectivity index is 2.58. The van der Waals surface area contributed by atoms with Crippen molar-refractivity contribution in [2.24, 2.45) is 11.7 Å². The first-order chi connectivity index (χ1) is 8.06. The summed E-state index contributed by atoms with van der Waals surface area (Å²) < 4.78 is 0. The summed E-state index contributed by atoms with van der Waals surface area (Å²) in [4.78, 5) is 12.8. The second-order valence-electron chi connectivity index (χ2n) is 4.36. The lowest BCUT2D eigenvalue weighted by Gasteiger charge is -2.23. The molecule has 0 bridgehead atoms. The van der Waals surface area contributed by atoms with Gasteiger partial charge in [-0.25, -0.2) is 0 Å². The van der Waals surface area contributed by atoms with Crippen molar-refractivity contribution in [2.75, 3.05) is 6.61 Å². The van der Waals surface area contributed by atoms with Crippen molar-refractivity contribution in [2.45, 2.75) is 32.4 Å². The normalized spacial score (nSPS) is 14.6. The first kappa shape index (κ1) is 14.2. The highest BCUT2D eigenvalue weighted by Crippen LogP contribution is 2.17. The first-order valence-electron chi connectivity index (χ1n) is 5.76. The lowest BCUT2D eigenvalue weighted by Crippen LogP contribution is -2.43. The average Bonchev–Trinajstić information content (AvgIpc) is 2.80. The van der Waals surface area contributed by atoms with E-state index in [1.165, 1.54) is 11.3 Å². The number of thiophene rings is 1. The molecule has 0 aliphatic rings. The van der Waals surface area contributed by atoms with Crippen molar-refractivity contribution in [3.05, 3.63) is 22.4 Å². The SMILES string of the molecule is CC(C)C(CCO)NC(=O)C(N)c1cccs1. The predicted octanol–water partition coefficient (Wildman–Crippen LogP) is 1.27. The quantitative estimate of drug-likeness (QED) is 0.717. The fourth-order valence-electron chi connectivity index (χ4n) is 1.58. The van der Waals surface area contributed by atoms with E-state index in [2.05, 4.69) is 5.32 Å². The van der Waals surface area contributed by atoms with Gasteiger partial charge in [0.25, 0.3) is 0 Å². The Kier molecular flexibility index (Phi) is 5.61. The van der Waals surface area contributed by atoms with Crippen LogP contribution in [0.3, 0.4) is 0 Å². The third-order valence-electron chi connectivity index (χ3n) is 2.70. The third kappa shape index (κ3) is 4.11. The number of aliphatic hydroxyl groups excluding tert-OH is 1. The molecule has 1 amide bonds. The van der Waals surface area contributed by atoms with Crippen LogP contribution in [0.25, 0.3) is 0 Å². The number of carbonyl (C=O) groups excluding carboxylic acids is 1. The molecular formula is C12H20N2O2S. The maximum atomic E-state index is 11.9. The third-order valence-corrected chi connectivity index (χ3v) is 3.66. The molecule has 2 unspecified atom stereocenters. The second-order valence-corrected chi connectivity index (χ2v) is 5.34. The highest BCUT2D eigenvalue weighted by molar-refractivity contribution is 7.10. The Bertz CT molecular complexity index is 338. The molecule has 4 N–H and O–H groups in total. The number of carbonyl (C=O) groups is 1. The molecule has 0 spiro atoms. The lowest BCUT2D eigenvalue weighted by molar-refractivity contribution is -0.123. The highest BCUT2D eigenvalue weighted by atomic mass is 32.1. The van der Waals surface area contributed by atoms with Gasteiger partial charge < -0.3 is 16.2 Å². The zero-order valence-electron chi connectivity index (χ0n) is 10.2. The van der Waals surface area contributed by atoms with Crippen molar-refractivity contribution < 1.29 is 9.90 Å². The van der Waals surface area contributed by atoms with Gasteiger partial charge in [0.15, 0.2) is 0 Å². The molecule has 0 aromatic carbocycles. The molecule has 0 saturated carbocycles. The van der Waals surface area contributed by atoms with Crippen LogP contribution < -0.4 is 11.1 Å². The van der Waals surface area contributed by atoms with Crippen LogP contribution >= 0.6 is 11.3 Å². The molecule has 1 rings (SSSR count). The Hall–Kier alpha value is -0.910. The molecule has 0 fully saturated rings. The number of hydrogen-bond donors (Lipinski definition) is 3. The molecule has 1 heterocycles. The number of nitrogens with one attached hydrogen (secondary N) is 1. The van der Waals surface area contributed by atoms with Crippen molar-refractivity contribution in [1.82, 2.24) is 5.32 Å². The van der Waals surface area contributed by atoms with Crippen molar-refractivity contribution in [1.29, 1.82) is 0 Å². The number of hydrogen-bond acceptors (Lipinski definition) is 4. The van der Waals surface area contributed by atoms with Gasteiger partial charge in [-0.1, -0.05) is 19.9 Å². The van der Waals surface area contributed by atoms with Crippen LogP contribution in [0.1, 0.15) is 31.2 Å². The number of nitrogens with two attached hydrogens (primary N) is 1. The summed E-state index contributed by atoms with van der Waals surface area (Å²) >= 11 is 1.47. The van der Waals surface area contributed by atoms with E-state index in [9.17, 15) is 4.79 Å². The van der Waals surface area contributed by atoms with E-state index in [-0.39, 0.29) is 24.5 Å². The van der Waals surface area contributed by atoms with Gasteiger partial charge in [0.2, 0.25) is 5.91 Å². The van der Waals surface area contributed by atoms with Gasteiger partial charge in [0.1, 0.15) is 6.04 Å². The Labute approximate surface area is 106 Å². The van der Waals surface area contributed by atoms with E-state index >= 15 is 0 Å². The van der Waals surface area contributed by atoms with E-state index in [4.69, 9.17) is 10.8 Å². The second kappa shape index (κ2) is 6.74.